The van der Waals surface area contributed by atoms with E-state index in [-0.39, 0.29) is 0 Å². The van der Waals surface area contributed by atoms with Gasteiger partial charge in [0.15, 0.2) is 0 Å². The summed E-state index contributed by atoms with van der Waals surface area (Å²) in [5.74, 6) is 0.689. The highest BCUT2D eigenvalue weighted by atomic mass is 16.5. The highest BCUT2D eigenvalue weighted by Crippen LogP contribution is 2.30. The van der Waals surface area contributed by atoms with Crippen molar-refractivity contribution in [2.24, 2.45) is 11.3 Å². The Kier molecular flexibility index (Phi) is 3.88. The van der Waals surface area contributed by atoms with Gasteiger partial charge in [-0.2, -0.15) is 0 Å². The second kappa shape index (κ2) is 5.03. The molecule has 0 bridgehead atoms. The van der Waals surface area contributed by atoms with Crippen LogP contribution in [0.2, 0.25) is 0 Å². The molecule has 2 aliphatic rings. The molecular formula is C13H26N2O. The number of likely N-dealkylation sites (N-methyl/N-ethyl adjacent to an activating group) is 1. The summed E-state index contributed by atoms with van der Waals surface area (Å²) >= 11 is 0. The van der Waals surface area contributed by atoms with Gasteiger partial charge < -0.3 is 15.0 Å². The van der Waals surface area contributed by atoms with Crippen molar-refractivity contribution in [2.45, 2.75) is 33.2 Å². The number of likely N-dealkylation sites (tertiary alicyclic amines) is 1. The predicted octanol–water partition coefficient (Wildman–Crippen LogP) is 1.34. The van der Waals surface area contributed by atoms with Gasteiger partial charge in [0.2, 0.25) is 0 Å². The van der Waals surface area contributed by atoms with Gasteiger partial charge in [-0.25, -0.2) is 0 Å². The Hall–Kier alpha value is -0.120. The average molecular weight is 226 g/mol. The van der Waals surface area contributed by atoms with Gasteiger partial charge in [0.1, 0.15) is 0 Å². The fourth-order valence-corrected chi connectivity index (χ4v) is 2.98. The summed E-state index contributed by atoms with van der Waals surface area (Å²) in [4.78, 5) is 2.61. The van der Waals surface area contributed by atoms with Crippen LogP contribution in [0.25, 0.3) is 0 Å². The molecule has 2 unspecified atom stereocenters. The maximum Gasteiger partial charge on any atom is 0.0623 e. The second-order valence-corrected chi connectivity index (χ2v) is 6.11. The van der Waals surface area contributed by atoms with Crippen molar-refractivity contribution in [2.75, 3.05) is 39.4 Å². The third-order valence-corrected chi connectivity index (χ3v) is 3.91. The highest BCUT2D eigenvalue weighted by Gasteiger charge is 2.34. The van der Waals surface area contributed by atoms with Crippen molar-refractivity contribution >= 4 is 0 Å². The van der Waals surface area contributed by atoms with E-state index in [9.17, 15) is 0 Å². The predicted molar refractivity (Wildman–Crippen MR) is 66.6 cm³/mol. The molecule has 0 radical (unpaired) electrons. The van der Waals surface area contributed by atoms with Gasteiger partial charge in [-0.1, -0.05) is 20.8 Å². The van der Waals surface area contributed by atoms with Crippen LogP contribution in [0, 0.1) is 11.3 Å². The molecular weight excluding hydrogens is 200 g/mol. The first-order valence-electron chi connectivity index (χ1n) is 6.64. The van der Waals surface area contributed by atoms with Gasteiger partial charge in [-0.15, -0.1) is 0 Å². The molecule has 2 heterocycles. The molecule has 0 aromatic carbocycles. The molecule has 2 saturated heterocycles. The van der Waals surface area contributed by atoms with E-state index < -0.39 is 0 Å². The quantitative estimate of drug-likeness (QED) is 0.783. The van der Waals surface area contributed by atoms with E-state index in [1.54, 1.807) is 0 Å². The lowest BCUT2D eigenvalue weighted by Crippen LogP contribution is -2.41. The Morgan fingerprint density at radius 3 is 2.81 bits per heavy atom. The van der Waals surface area contributed by atoms with E-state index in [0.717, 1.165) is 19.8 Å². The average Bonchev–Trinajstić information content (AvgIpc) is 2.76. The molecule has 0 aromatic rings. The van der Waals surface area contributed by atoms with Crippen molar-refractivity contribution in [3.05, 3.63) is 0 Å². The highest BCUT2D eigenvalue weighted by molar-refractivity contribution is 4.88. The van der Waals surface area contributed by atoms with Gasteiger partial charge in [0, 0.05) is 25.0 Å². The molecule has 1 N–H and O–H groups in total. The second-order valence-electron chi connectivity index (χ2n) is 6.11. The molecule has 2 fully saturated rings. The van der Waals surface area contributed by atoms with E-state index in [4.69, 9.17) is 4.74 Å². The molecule has 2 atom stereocenters. The maximum absolute atomic E-state index is 5.60. The van der Waals surface area contributed by atoms with Crippen LogP contribution in [-0.2, 0) is 4.74 Å². The molecule has 2 rings (SSSR count). The summed E-state index contributed by atoms with van der Waals surface area (Å²) < 4.78 is 5.60. The molecule has 3 nitrogen and oxygen atoms in total. The SMILES string of the molecule is CCNC1COCC1CN1CCC(C)(C)C1. The topological polar surface area (TPSA) is 24.5 Å². The van der Waals surface area contributed by atoms with Crippen LogP contribution in [0.15, 0.2) is 0 Å². The molecule has 0 saturated carbocycles. The zero-order valence-corrected chi connectivity index (χ0v) is 11.0. The van der Waals surface area contributed by atoms with E-state index in [1.165, 1.54) is 26.1 Å². The fourth-order valence-electron chi connectivity index (χ4n) is 2.98. The van der Waals surface area contributed by atoms with Gasteiger partial charge in [0.05, 0.1) is 13.2 Å². The minimum absolute atomic E-state index is 0.521. The Labute approximate surface area is 99.5 Å². The van der Waals surface area contributed by atoms with Crippen LogP contribution in [0.4, 0.5) is 0 Å². The fraction of sp³-hybridized carbons (Fsp3) is 1.00. The molecule has 2 aliphatic heterocycles. The number of hydrogen-bond donors (Lipinski definition) is 1. The van der Waals surface area contributed by atoms with Gasteiger partial charge >= 0.3 is 0 Å². The number of nitrogens with zero attached hydrogens (tertiary/aromatic N) is 1. The van der Waals surface area contributed by atoms with Crippen LogP contribution in [-0.4, -0.2) is 50.3 Å². The van der Waals surface area contributed by atoms with Gasteiger partial charge in [-0.3, -0.25) is 0 Å². The third-order valence-electron chi connectivity index (χ3n) is 3.91. The van der Waals surface area contributed by atoms with E-state index in [0.29, 0.717) is 17.4 Å². The summed E-state index contributed by atoms with van der Waals surface area (Å²) in [6, 6.07) is 0.578. The lowest BCUT2D eigenvalue weighted by Gasteiger charge is -2.25. The third kappa shape index (κ3) is 2.96. The van der Waals surface area contributed by atoms with Crippen LogP contribution < -0.4 is 5.32 Å². The first-order chi connectivity index (χ1) is 7.61. The molecule has 0 aliphatic carbocycles. The number of hydrogen-bond acceptors (Lipinski definition) is 3. The Bertz CT molecular complexity index is 230. The lowest BCUT2D eigenvalue weighted by molar-refractivity contribution is 0.170. The lowest BCUT2D eigenvalue weighted by atomic mass is 9.93. The van der Waals surface area contributed by atoms with Crippen LogP contribution in [0.1, 0.15) is 27.2 Å². The standard InChI is InChI=1S/C13H26N2O/c1-4-14-12-9-16-8-11(12)7-15-6-5-13(2,3)10-15/h11-12,14H,4-10H2,1-3H3. The zero-order valence-electron chi connectivity index (χ0n) is 11.0. The molecule has 94 valence electrons. The molecule has 0 aromatic heterocycles. The van der Waals surface area contributed by atoms with E-state index in [1.807, 2.05) is 0 Å². The minimum atomic E-state index is 0.521. The summed E-state index contributed by atoms with van der Waals surface area (Å²) in [6.45, 7) is 13.5. The summed E-state index contributed by atoms with van der Waals surface area (Å²) in [7, 11) is 0. The van der Waals surface area contributed by atoms with Crippen LogP contribution in [0.3, 0.4) is 0 Å². The molecule has 3 heteroatoms. The maximum atomic E-state index is 5.60. The summed E-state index contributed by atoms with van der Waals surface area (Å²) in [5, 5.41) is 3.54. The van der Waals surface area contributed by atoms with Crippen molar-refractivity contribution in [1.82, 2.24) is 10.2 Å². The first kappa shape index (κ1) is 12.3. The molecule has 0 spiro atoms. The van der Waals surface area contributed by atoms with Crippen LogP contribution in [0.5, 0.6) is 0 Å². The van der Waals surface area contributed by atoms with Crippen molar-refractivity contribution in [3.8, 4) is 0 Å². The molecule has 16 heavy (non-hydrogen) atoms. The number of nitrogens with one attached hydrogen (secondary N) is 1. The smallest absolute Gasteiger partial charge is 0.0623 e. The summed E-state index contributed by atoms with van der Waals surface area (Å²) in [6.07, 6.45) is 1.34. The Morgan fingerprint density at radius 1 is 1.38 bits per heavy atom. The normalized spacial score (nSPS) is 34.7. The number of rotatable bonds is 4. The van der Waals surface area contributed by atoms with E-state index >= 15 is 0 Å². The monoisotopic (exact) mass is 226 g/mol. The summed E-state index contributed by atoms with van der Waals surface area (Å²) in [5.41, 5.74) is 0.521. The van der Waals surface area contributed by atoms with Crippen LogP contribution >= 0.6 is 0 Å². The number of ether oxygens (including phenoxy) is 1. The van der Waals surface area contributed by atoms with Crippen molar-refractivity contribution in [1.29, 1.82) is 0 Å². The van der Waals surface area contributed by atoms with Gasteiger partial charge in [0.25, 0.3) is 0 Å². The zero-order chi connectivity index (χ0) is 11.6. The van der Waals surface area contributed by atoms with E-state index in [2.05, 4.69) is 31.0 Å². The van der Waals surface area contributed by atoms with Gasteiger partial charge in [-0.05, 0) is 24.9 Å². The minimum Gasteiger partial charge on any atom is -0.379 e. The first-order valence-corrected chi connectivity index (χ1v) is 6.64. The largest absolute Gasteiger partial charge is 0.379 e. The Morgan fingerprint density at radius 2 is 2.19 bits per heavy atom. The Balaban J connectivity index is 1.81. The van der Waals surface area contributed by atoms with Crippen molar-refractivity contribution in [3.63, 3.8) is 0 Å². The van der Waals surface area contributed by atoms with Crippen molar-refractivity contribution < 1.29 is 4.74 Å². The molecule has 0 amide bonds.